The zero-order chi connectivity index (χ0) is 25.7. The number of hydrogen-bond donors (Lipinski definition) is 2. The van der Waals surface area contributed by atoms with Gasteiger partial charge in [-0.25, -0.2) is 14.4 Å². The number of halogens is 1. The lowest BCUT2D eigenvalue weighted by Gasteiger charge is -2.15. The Hall–Kier alpha value is -4.13. The van der Waals surface area contributed by atoms with Crippen molar-refractivity contribution in [3.8, 4) is 11.3 Å². The summed E-state index contributed by atoms with van der Waals surface area (Å²) in [6.45, 7) is 3.54. The number of aliphatic carboxylic acids is 1. The number of nitrogens with zero attached hydrogens (tertiary/aromatic N) is 2. The Morgan fingerprint density at radius 2 is 1.67 bits per heavy atom. The van der Waals surface area contributed by atoms with Crippen molar-refractivity contribution in [1.29, 1.82) is 0 Å². The molecule has 0 aliphatic carbocycles. The second-order valence-electron chi connectivity index (χ2n) is 8.97. The summed E-state index contributed by atoms with van der Waals surface area (Å²) in [7, 11) is 0. The van der Waals surface area contributed by atoms with Crippen LogP contribution in [0.15, 0.2) is 72.8 Å². The second kappa shape index (κ2) is 11.1. The van der Waals surface area contributed by atoms with E-state index in [0.717, 1.165) is 22.5 Å². The summed E-state index contributed by atoms with van der Waals surface area (Å²) < 4.78 is 13.2. The zero-order valence-corrected chi connectivity index (χ0v) is 20.2. The number of nitrogens with one attached hydrogen (secondary N) is 1. The number of amides is 1. The highest BCUT2D eigenvalue weighted by molar-refractivity contribution is 5.97. The second-order valence-corrected chi connectivity index (χ2v) is 8.97. The molecule has 0 bridgehead atoms. The molecule has 6 nitrogen and oxygen atoms in total. The van der Waals surface area contributed by atoms with E-state index < -0.39 is 11.9 Å². The van der Waals surface area contributed by atoms with Gasteiger partial charge < -0.3 is 10.4 Å². The average molecular weight is 486 g/mol. The molecule has 0 aliphatic rings. The summed E-state index contributed by atoms with van der Waals surface area (Å²) in [4.78, 5) is 33.8. The van der Waals surface area contributed by atoms with Crippen LogP contribution in [0.25, 0.3) is 22.3 Å². The molecule has 7 heteroatoms. The van der Waals surface area contributed by atoms with E-state index in [1.54, 1.807) is 37.3 Å². The van der Waals surface area contributed by atoms with Gasteiger partial charge in [0.1, 0.15) is 5.82 Å². The first-order chi connectivity index (χ1) is 17.3. The van der Waals surface area contributed by atoms with Crippen LogP contribution in [0.1, 0.15) is 54.3 Å². The number of hydrogen-bond acceptors (Lipinski definition) is 4. The first-order valence-corrected chi connectivity index (χ1v) is 12.0. The van der Waals surface area contributed by atoms with Gasteiger partial charge in [-0.15, -0.1) is 0 Å². The number of carbonyl (C=O) groups is 2. The minimum Gasteiger partial charge on any atom is -0.481 e. The zero-order valence-electron chi connectivity index (χ0n) is 20.2. The van der Waals surface area contributed by atoms with Crippen molar-refractivity contribution in [2.45, 2.75) is 39.2 Å². The number of carbonyl (C=O) groups excluding carboxylic acids is 1. The molecule has 3 aromatic carbocycles. The smallest absolute Gasteiger partial charge is 0.306 e. The van der Waals surface area contributed by atoms with E-state index in [9.17, 15) is 19.1 Å². The average Bonchev–Trinajstić information content (AvgIpc) is 2.88. The van der Waals surface area contributed by atoms with Crippen molar-refractivity contribution in [1.82, 2.24) is 15.3 Å². The highest BCUT2D eigenvalue weighted by Gasteiger charge is 2.16. The lowest BCUT2D eigenvalue weighted by atomic mass is 10.0. The number of benzene rings is 3. The molecule has 0 saturated carbocycles. The number of aromatic nitrogens is 2. The summed E-state index contributed by atoms with van der Waals surface area (Å²) in [5.74, 6) is -1.83. The van der Waals surface area contributed by atoms with E-state index >= 15 is 0 Å². The van der Waals surface area contributed by atoms with Gasteiger partial charge in [0, 0.05) is 11.1 Å². The standard InChI is InChI=1S/C29H28FN3O3/c1-18(29(35)36)7-6-10-25-27(21-8-4-3-5-9-21)33-24-16-13-22(17-26(24)32-25)28(34)31-19(2)20-11-14-23(30)15-12-20/h3-5,8-9,11-19H,6-7,10H2,1-2H3,(H,31,34)(H,35,36)/t18?,19-/m1/s1. The lowest BCUT2D eigenvalue weighted by Crippen LogP contribution is -2.26. The summed E-state index contributed by atoms with van der Waals surface area (Å²) in [6.07, 6.45) is 1.76. The predicted molar refractivity (Wildman–Crippen MR) is 137 cm³/mol. The minimum atomic E-state index is -0.812. The Kier molecular flexibility index (Phi) is 7.68. The SMILES string of the molecule is CC(CCCc1nc2cc(C(=O)N[C@H](C)c3ccc(F)cc3)ccc2nc1-c1ccccc1)C(=O)O. The van der Waals surface area contributed by atoms with Gasteiger partial charge in [0.25, 0.3) is 5.91 Å². The van der Waals surface area contributed by atoms with Crippen LogP contribution in [0.4, 0.5) is 4.39 Å². The van der Waals surface area contributed by atoms with E-state index in [2.05, 4.69) is 5.32 Å². The molecule has 0 aliphatic heterocycles. The first-order valence-electron chi connectivity index (χ1n) is 12.0. The van der Waals surface area contributed by atoms with Gasteiger partial charge in [-0.1, -0.05) is 49.4 Å². The molecule has 0 spiro atoms. The van der Waals surface area contributed by atoms with Gasteiger partial charge in [-0.2, -0.15) is 0 Å². The molecule has 1 heterocycles. The van der Waals surface area contributed by atoms with E-state index in [1.165, 1.54) is 12.1 Å². The first kappa shape index (κ1) is 25.0. The maximum Gasteiger partial charge on any atom is 0.306 e. The summed E-state index contributed by atoms with van der Waals surface area (Å²) >= 11 is 0. The van der Waals surface area contributed by atoms with E-state index in [4.69, 9.17) is 9.97 Å². The van der Waals surface area contributed by atoms with Gasteiger partial charge in [-0.05, 0) is 62.1 Å². The van der Waals surface area contributed by atoms with Crippen molar-refractivity contribution in [2.24, 2.45) is 5.92 Å². The van der Waals surface area contributed by atoms with Crippen molar-refractivity contribution in [2.75, 3.05) is 0 Å². The van der Waals surface area contributed by atoms with Gasteiger partial charge >= 0.3 is 5.97 Å². The Balaban J connectivity index is 1.61. The topological polar surface area (TPSA) is 92.2 Å². The minimum absolute atomic E-state index is 0.264. The fourth-order valence-electron chi connectivity index (χ4n) is 4.05. The van der Waals surface area contributed by atoms with Crippen LogP contribution in [0.2, 0.25) is 0 Å². The van der Waals surface area contributed by atoms with Gasteiger partial charge in [0.05, 0.1) is 34.4 Å². The molecule has 1 unspecified atom stereocenters. The van der Waals surface area contributed by atoms with Crippen molar-refractivity contribution >= 4 is 22.9 Å². The van der Waals surface area contributed by atoms with Gasteiger partial charge in [0.15, 0.2) is 0 Å². The fourth-order valence-corrected chi connectivity index (χ4v) is 4.05. The Morgan fingerprint density at radius 1 is 0.944 bits per heavy atom. The van der Waals surface area contributed by atoms with Gasteiger partial charge in [0.2, 0.25) is 0 Å². The van der Waals surface area contributed by atoms with E-state index in [-0.39, 0.29) is 17.8 Å². The fraction of sp³-hybridized carbons (Fsp3) is 0.241. The maximum absolute atomic E-state index is 13.2. The van der Waals surface area contributed by atoms with E-state index in [1.807, 2.05) is 37.3 Å². The third-order valence-electron chi connectivity index (χ3n) is 6.24. The number of carboxylic acid groups (broad SMARTS) is 1. The molecule has 36 heavy (non-hydrogen) atoms. The number of fused-ring (bicyclic) bond motifs is 1. The third kappa shape index (κ3) is 5.92. The molecule has 184 valence electrons. The quantitative estimate of drug-likeness (QED) is 0.305. The van der Waals surface area contributed by atoms with Crippen LogP contribution >= 0.6 is 0 Å². The van der Waals surface area contributed by atoms with Gasteiger partial charge in [-0.3, -0.25) is 9.59 Å². The van der Waals surface area contributed by atoms with Crippen molar-refractivity contribution in [3.05, 3.63) is 95.4 Å². The molecule has 0 saturated heterocycles. The molecule has 1 aromatic heterocycles. The Morgan fingerprint density at radius 3 is 2.36 bits per heavy atom. The molecule has 2 atom stereocenters. The monoisotopic (exact) mass is 485 g/mol. The molecule has 4 rings (SSSR count). The van der Waals surface area contributed by atoms with Crippen LogP contribution < -0.4 is 5.32 Å². The molecule has 1 amide bonds. The van der Waals surface area contributed by atoms with E-state index in [0.29, 0.717) is 35.9 Å². The number of aryl methyl sites for hydroxylation is 1. The Bertz CT molecular complexity index is 1370. The number of rotatable bonds is 9. The molecular formula is C29H28FN3O3. The van der Waals surface area contributed by atoms with Crippen LogP contribution in [-0.2, 0) is 11.2 Å². The highest BCUT2D eigenvalue weighted by atomic mass is 19.1. The summed E-state index contributed by atoms with van der Waals surface area (Å²) in [6, 6.07) is 20.7. The molecular weight excluding hydrogens is 457 g/mol. The van der Waals surface area contributed by atoms with Crippen LogP contribution in [-0.4, -0.2) is 27.0 Å². The summed E-state index contributed by atoms with van der Waals surface area (Å²) in [5, 5.41) is 12.1. The highest BCUT2D eigenvalue weighted by Crippen LogP contribution is 2.26. The molecule has 4 aromatic rings. The van der Waals surface area contributed by atoms with Crippen LogP contribution in [0, 0.1) is 11.7 Å². The molecule has 2 N–H and O–H groups in total. The lowest BCUT2D eigenvalue weighted by molar-refractivity contribution is -0.141. The molecule has 0 radical (unpaired) electrons. The van der Waals surface area contributed by atoms with Crippen LogP contribution in [0.3, 0.4) is 0 Å². The predicted octanol–water partition coefficient (Wildman–Crippen LogP) is 5.97. The Labute approximate surface area is 209 Å². The van der Waals surface area contributed by atoms with Crippen molar-refractivity contribution in [3.63, 3.8) is 0 Å². The largest absolute Gasteiger partial charge is 0.481 e. The molecule has 0 fully saturated rings. The maximum atomic E-state index is 13.2. The summed E-state index contributed by atoms with van der Waals surface area (Å²) in [5.41, 5.74) is 4.97. The normalized spacial score (nSPS) is 12.8. The number of carboxylic acids is 1. The van der Waals surface area contributed by atoms with Crippen LogP contribution in [0.5, 0.6) is 0 Å². The van der Waals surface area contributed by atoms with Crippen molar-refractivity contribution < 1.29 is 19.1 Å². The third-order valence-corrected chi connectivity index (χ3v) is 6.24.